The molecule has 2 rings (SSSR count). The van der Waals surface area contributed by atoms with Crippen molar-refractivity contribution in [2.24, 2.45) is 0 Å². The summed E-state index contributed by atoms with van der Waals surface area (Å²) in [5.41, 5.74) is 0.662. The third-order valence-electron chi connectivity index (χ3n) is 3.22. The molecule has 7 heteroatoms. The van der Waals surface area contributed by atoms with Gasteiger partial charge in [0.1, 0.15) is 5.82 Å². The van der Waals surface area contributed by atoms with Crippen LogP contribution < -0.4 is 4.72 Å². The molecule has 6 nitrogen and oxygen atoms in total. The Hall–Kier alpha value is -1.70. The van der Waals surface area contributed by atoms with Crippen LogP contribution in [0.5, 0.6) is 0 Å². The summed E-state index contributed by atoms with van der Waals surface area (Å²) >= 11 is 0. The van der Waals surface area contributed by atoms with Crippen LogP contribution in [-0.2, 0) is 16.6 Å². The Morgan fingerprint density at radius 1 is 1.33 bits per heavy atom. The molecule has 0 amide bonds. The number of sulfonamides is 1. The zero-order valence-corrected chi connectivity index (χ0v) is 12.8. The van der Waals surface area contributed by atoms with Crippen LogP contribution in [0, 0.1) is 6.92 Å². The number of rotatable bonds is 6. The number of nitrogens with one attached hydrogen (secondary N) is 1. The summed E-state index contributed by atoms with van der Waals surface area (Å²) in [4.78, 5) is 4.03. The number of aliphatic hydroxyl groups is 1. The normalized spacial score (nSPS) is 13.3. The van der Waals surface area contributed by atoms with Gasteiger partial charge in [-0.2, -0.15) is 0 Å². The third kappa shape index (κ3) is 3.69. The fourth-order valence-electron chi connectivity index (χ4n) is 1.98. The first-order valence-corrected chi connectivity index (χ1v) is 8.19. The fraction of sp³-hybridized carbons (Fsp3) is 0.357. The van der Waals surface area contributed by atoms with Gasteiger partial charge in [-0.3, -0.25) is 0 Å². The van der Waals surface area contributed by atoms with E-state index in [4.69, 9.17) is 0 Å². The second kappa shape index (κ2) is 6.38. The number of aryl methyl sites for hydroxylation is 2. The molecule has 2 aromatic rings. The predicted molar refractivity (Wildman–Crippen MR) is 79.2 cm³/mol. The first-order valence-electron chi connectivity index (χ1n) is 6.70. The van der Waals surface area contributed by atoms with Gasteiger partial charge in [-0.1, -0.05) is 30.3 Å². The lowest BCUT2D eigenvalue weighted by atomic mass is 10.1. The molecule has 2 N–H and O–H groups in total. The lowest BCUT2D eigenvalue weighted by Crippen LogP contribution is -2.28. The summed E-state index contributed by atoms with van der Waals surface area (Å²) in [6.07, 6.45) is 0.599. The second-order valence-electron chi connectivity index (χ2n) is 4.69. The Balaban J connectivity index is 2.07. The van der Waals surface area contributed by atoms with Crippen molar-refractivity contribution in [1.82, 2.24) is 14.3 Å². The van der Waals surface area contributed by atoms with Gasteiger partial charge in [0.15, 0.2) is 5.03 Å². The third-order valence-corrected chi connectivity index (χ3v) is 4.52. The van der Waals surface area contributed by atoms with Gasteiger partial charge in [0.2, 0.25) is 0 Å². The van der Waals surface area contributed by atoms with Crippen molar-refractivity contribution in [3.8, 4) is 0 Å². The smallest absolute Gasteiger partial charge is 0.259 e. The van der Waals surface area contributed by atoms with E-state index in [9.17, 15) is 13.5 Å². The molecule has 21 heavy (non-hydrogen) atoms. The van der Waals surface area contributed by atoms with E-state index in [2.05, 4.69) is 9.71 Å². The lowest BCUT2D eigenvalue weighted by molar-refractivity contribution is 0.182. The zero-order chi connectivity index (χ0) is 15.5. The highest BCUT2D eigenvalue weighted by Gasteiger charge is 2.20. The fourth-order valence-corrected chi connectivity index (χ4v) is 3.03. The van der Waals surface area contributed by atoms with Crippen molar-refractivity contribution in [2.75, 3.05) is 6.54 Å². The first kappa shape index (κ1) is 15.7. The molecule has 0 bridgehead atoms. The van der Waals surface area contributed by atoms with Gasteiger partial charge >= 0.3 is 0 Å². The van der Waals surface area contributed by atoms with Crippen molar-refractivity contribution in [1.29, 1.82) is 0 Å². The van der Waals surface area contributed by atoms with Gasteiger partial charge in [0, 0.05) is 19.3 Å². The Kier molecular flexibility index (Phi) is 4.76. The zero-order valence-electron chi connectivity index (χ0n) is 12.0. The van der Waals surface area contributed by atoms with Crippen LogP contribution in [0.2, 0.25) is 0 Å². The molecule has 0 aliphatic carbocycles. The molecule has 0 spiro atoms. The van der Waals surface area contributed by atoms with E-state index in [1.807, 2.05) is 13.0 Å². The van der Waals surface area contributed by atoms with Crippen molar-refractivity contribution >= 4 is 10.0 Å². The van der Waals surface area contributed by atoms with Crippen molar-refractivity contribution < 1.29 is 13.5 Å². The highest BCUT2D eigenvalue weighted by molar-refractivity contribution is 7.89. The highest BCUT2D eigenvalue weighted by Crippen LogP contribution is 2.13. The summed E-state index contributed by atoms with van der Waals surface area (Å²) in [6, 6.07) is 8.91. The summed E-state index contributed by atoms with van der Waals surface area (Å²) in [5.74, 6) is 0.640. The maximum atomic E-state index is 12.2. The van der Waals surface area contributed by atoms with Gasteiger partial charge in [-0.25, -0.2) is 18.1 Å². The molecule has 0 aliphatic rings. The molecule has 1 atom stereocenters. The topological polar surface area (TPSA) is 84.2 Å². The van der Waals surface area contributed by atoms with E-state index in [0.29, 0.717) is 17.9 Å². The molecule has 0 saturated carbocycles. The maximum absolute atomic E-state index is 12.2. The van der Waals surface area contributed by atoms with Crippen LogP contribution in [0.1, 0.15) is 24.4 Å². The van der Waals surface area contributed by atoms with Gasteiger partial charge < -0.3 is 9.67 Å². The molecular formula is C14H19N3O3S. The Morgan fingerprint density at radius 2 is 2.00 bits per heavy atom. The van der Waals surface area contributed by atoms with Gasteiger partial charge in [-0.05, 0) is 19.4 Å². The average Bonchev–Trinajstić information content (AvgIpc) is 2.88. The van der Waals surface area contributed by atoms with Gasteiger partial charge in [-0.15, -0.1) is 0 Å². The molecule has 0 radical (unpaired) electrons. The first-order chi connectivity index (χ1) is 9.94. The number of aromatic nitrogens is 2. The number of hydrogen-bond acceptors (Lipinski definition) is 4. The van der Waals surface area contributed by atoms with Crippen LogP contribution in [0.4, 0.5) is 0 Å². The van der Waals surface area contributed by atoms with E-state index in [1.165, 1.54) is 6.20 Å². The molecule has 114 valence electrons. The Morgan fingerprint density at radius 3 is 2.57 bits per heavy atom. The summed E-state index contributed by atoms with van der Waals surface area (Å²) in [5, 5.41) is 9.96. The van der Waals surface area contributed by atoms with E-state index in [0.717, 1.165) is 0 Å². The Labute approximate surface area is 124 Å². The van der Waals surface area contributed by atoms with Crippen LogP contribution in [0.3, 0.4) is 0 Å². The van der Waals surface area contributed by atoms with E-state index < -0.39 is 16.1 Å². The number of aliphatic hydroxyl groups excluding tert-OH is 1. The molecule has 0 saturated heterocycles. The maximum Gasteiger partial charge on any atom is 0.259 e. The van der Waals surface area contributed by atoms with Gasteiger partial charge in [0.05, 0.1) is 6.10 Å². The van der Waals surface area contributed by atoms with Crippen LogP contribution in [0.25, 0.3) is 0 Å². The van der Waals surface area contributed by atoms with E-state index in [1.54, 1.807) is 35.8 Å². The number of nitrogens with zero attached hydrogens (tertiary/aromatic N) is 2. The van der Waals surface area contributed by atoms with Gasteiger partial charge in [0.25, 0.3) is 10.0 Å². The number of hydrogen-bond donors (Lipinski definition) is 2. The summed E-state index contributed by atoms with van der Waals surface area (Å²) < 4.78 is 28.4. The van der Waals surface area contributed by atoms with Crippen molar-refractivity contribution in [3.63, 3.8) is 0 Å². The molecule has 1 aromatic heterocycles. The monoisotopic (exact) mass is 309 g/mol. The Bertz CT molecular complexity index is 696. The van der Waals surface area contributed by atoms with Crippen LogP contribution >= 0.6 is 0 Å². The second-order valence-corrected chi connectivity index (χ2v) is 6.40. The average molecular weight is 309 g/mol. The summed E-state index contributed by atoms with van der Waals surface area (Å²) in [7, 11) is -3.72. The predicted octanol–water partition coefficient (Wildman–Crippen LogP) is 1.22. The number of benzene rings is 1. The van der Waals surface area contributed by atoms with E-state index in [-0.39, 0.29) is 11.6 Å². The molecule has 0 fully saturated rings. The van der Waals surface area contributed by atoms with Crippen LogP contribution in [-0.4, -0.2) is 29.6 Å². The molecular weight excluding hydrogens is 290 g/mol. The minimum absolute atomic E-state index is 0.0258. The van der Waals surface area contributed by atoms with Crippen LogP contribution in [0.15, 0.2) is 41.6 Å². The number of imidazole rings is 1. The minimum atomic E-state index is -3.72. The lowest BCUT2D eigenvalue weighted by Gasteiger charge is -2.11. The minimum Gasteiger partial charge on any atom is -0.387 e. The SMILES string of the molecule is CCn1cc(S(=O)(=O)NCC(O)c2ccccc2)nc1C. The molecule has 0 aliphatic heterocycles. The molecule has 1 aromatic carbocycles. The standard InChI is InChI=1S/C14H19N3O3S/c1-3-17-10-14(16-11(17)2)21(19,20)15-9-13(18)12-7-5-4-6-8-12/h4-8,10,13,15,18H,3,9H2,1-2H3. The van der Waals surface area contributed by atoms with Crippen molar-refractivity contribution in [2.45, 2.75) is 31.5 Å². The quantitative estimate of drug-likeness (QED) is 0.840. The highest BCUT2D eigenvalue weighted by atomic mass is 32.2. The van der Waals surface area contributed by atoms with E-state index >= 15 is 0 Å². The summed E-state index contributed by atoms with van der Waals surface area (Å²) in [6.45, 7) is 4.23. The van der Waals surface area contributed by atoms with Crippen molar-refractivity contribution in [3.05, 3.63) is 47.9 Å². The largest absolute Gasteiger partial charge is 0.387 e. The molecule has 1 heterocycles. The molecule has 1 unspecified atom stereocenters.